The Morgan fingerprint density at radius 3 is 2.50 bits per heavy atom. The summed E-state index contributed by atoms with van der Waals surface area (Å²) in [6, 6.07) is 15.8. The number of amides is 1. The largest absolute Gasteiger partial charge is 0.284 e. The third-order valence-corrected chi connectivity index (χ3v) is 4.03. The van der Waals surface area contributed by atoms with Crippen molar-refractivity contribution in [1.29, 1.82) is 0 Å². The van der Waals surface area contributed by atoms with E-state index in [9.17, 15) is 4.79 Å². The van der Waals surface area contributed by atoms with Crippen LogP contribution in [0.4, 0.5) is 0 Å². The maximum atomic E-state index is 12.2. The van der Waals surface area contributed by atoms with Crippen molar-refractivity contribution in [2.75, 3.05) is 6.54 Å². The highest BCUT2D eigenvalue weighted by Gasteiger charge is 2.17. The van der Waals surface area contributed by atoms with Gasteiger partial charge in [-0.1, -0.05) is 40.2 Å². The highest BCUT2D eigenvalue weighted by molar-refractivity contribution is 9.10. The van der Waals surface area contributed by atoms with Gasteiger partial charge in [0, 0.05) is 23.1 Å². The summed E-state index contributed by atoms with van der Waals surface area (Å²) in [5.41, 5.74) is 6.31. The molecule has 0 bridgehead atoms. The van der Waals surface area contributed by atoms with Crippen molar-refractivity contribution in [3.63, 3.8) is 0 Å². The van der Waals surface area contributed by atoms with E-state index in [1.54, 1.807) is 0 Å². The van der Waals surface area contributed by atoms with Crippen LogP contribution in [0.3, 0.4) is 0 Å². The molecule has 0 aromatic heterocycles. The Balaban J connectivity index is 1.67. The van der Waals surface area contributed by atoms with Crippen molar-refractivity contribution in [1.82, 2.24) is 10.4 Å². The van der Waals surface area contributed by atoms with Gasteiger partial charge in [-0.2, -0.15) is 0 Å². The summed E-state index contributed by atoms with van der Waals surface area (Å²) in [5, 5.41) is 1.98. The van der Waals surface area contributed by atoms with Crippen LogP contribution >= 0.6 is 15.9 Å². The van der Waals surface area contributed by atoms with E-state index in [1.807, 2.05) is 35.3 Å². The average molecular weight is 331 g/mol. The molecule has 1 aliphatic heterocycles. The molecule has 0 saturated heterocycles. The third-order valence-electron chi connectivity index (χ3n) is 3.50. The van der Waals surface area contributed by atoms with E-state index < -0.39 is 0 Å². The van der Waals surface area contributed by atoms with Gasteiger partial charge in [-0.05, 0) is 41.8 Å². The molecule has 0 unspecified atom stereocenters. The van der Waals surface area contributed by atoms with E-state index in [2.05, 4.69) is 39.6 Å². The quantitative estimate of drug-likeness (QED) is 0.917. The summed E-state index contributed by atoms with van der Waals surface area (Å²) >= 11 is 3.37. The number of benzene rings is 2. The van der Waals surface area contributed by atoms with Gasteiger partial charge in [-0.3, -0.25) is 10.2 Å². The van der Waals surface area contributed by atoms with Gasteiger partial charge in [0.25, 0.3) is 5.91 Å². The molecule has 1 heterocycles. The van der Waals surface area contributed by atoms with Crippen LogP contribution in [0, 0.1) is 0 Å². The summed E-state index contributed by atoms with van der Waals surface area (Å²) in [6.07, 6.45) is 0.969. The molecule has 3 rings (SSSR count). The summed E-state index contributed by atoms with van der Waals surface area (Å²) in [5.74, 6) is -0.0584. The molecule has 1 aliphatic rings. The van der Waals surface area contributed by atoms with E-state index in [0.29, 0.717) is 5.56 Å². The van der Waals surface area contributed by atoms with Gasteiger partial charge in [-0.25, -0.2) is 5.01 Å². The topological polar surface area (TPSA) is 32.3 Å². The van der Waals surface area contributed by atoms with Gasteiger partial charge in [0.05, 0.1) is 0 Å². The fourth-order valence-corrected chi connectivity index (χ4v) is 2.66. The molecule has 0 spiro atoms. The number of hydrazine groups is 1. The first-order valence-electron chi connectivity index (χ1n) is 6.60. The summed E-state index contributed by atoms with van der Waals surface area (Å²) < 4.78 is 0.973. The first-order chi connectivity index (χ1) is 9.72. The molecule has 4 heteroatoms. The molecule has 2 aromatic carbocycles. The summed E-state index contributed by atoms with van der Waals surface area (Å²) in [7, 11) is 0. The Morgan fingerprint density at radius 2 is 1.75 bits per heavy atom. The van der Waals surface area contributed by atoms with Gasteiger partial charge in [-0.15, -0.1) is 0 Å². The molecule has 0 fully saturated rings. The second-order valence-electron chi connectivity index (χ2n) is 4.89. The Morgan fingerprint density at radius 1 is 1.05 bits per heavy atom. The van der Waals surface area contributed by atoms with Crippen LogP contribution in [0.1, 0.15) is 21.5 Å². The molecule has 0 radical (unpaired) electrons. The van der Waals surface area contributed by atoms with Gasteiger partial charge in [0.15, 0.2) is 0 Å². The smallest absolute Gasteiger partial charge is 0.265 e. The van der Waals surface area contributed by atoms with Crippen molar-refractivity contribution in [3.8, 4) is 0 Å². The Bertz CT molecular complexity index is 625. The Labute approximate surface area is 126 Å². The number of halogens is 1. The van der Waals surface area contributed by atoms with Crippen molar-refractivity contribution in [3.05, 3.63) is 69.7 Å². The molecule has 102 valence electrons. The van der Waals surface area contributed by atoms with Crippen molar-refractivity contribution < 1.29 is 4.79 Å². The van der Waals surface area contributed by atoms with E-state index in [1.165, 1.54) is 11.1 Å². The van der Waals surface area contributed by atoms with Crippen LogP contribution in [0.2, 0.25) is 0 Å². The van der Waals surface area contributed by atoms with E-state index in [0.717, 1.165) is 24.0 Å². The Hall–Kier alpha value is -1.65. The second kappa shape index (κ2) is 5.77. The zero-order valence-corrected chi connectivity index (χ0v) is 12.6. The van der Waals surface area contributed by atoms with Crippen molar-refractivity contribution >= 4 is 21.8 Å². The first kappa shape index (κ1) is 13.3. The zero-order valence-electron chi connectivity index (χ0n) is 11.0. The number of hydrogen-bond donors (Lipinski definition) is 1. The normalized spacial score (nSPS) is 14.7. The SMILES string of the molecule is O=C(NN1CCc2ccccc2C1)c1ccc(Br)cc1. The average Bonchev–Trinajstić information content (AvgIpc) is 2.48. The summed E-state index contributed by atoms with van der Waals surface area (Å²) in [4.78, 5) is 12.2. The van der Waals surface area contributed by atoms with Crippen molar-refractivity contribution in [2.24, 2.45) is 0 Å². The van der Waals surface area contributed by atoms with Crippen LogP contribution in [-0.2, 0) is 13.0 Å². The minimum absolute atomic E-state index is 0.0584. The number of nitrogens with zero attached hydrogens (tertiary/aromatic N) is 1. The van der Waals surface area contributed by atoms with E-state index >= 15 is 0 Å². The summed E-state index contributed by atoms with van der Waals surface area (Å²) in [6.45, 7) is 1.61. The molecule has 0 atom stereocenters. The molecular formula is C16H15BrN2O. The van der Waals surface area contributed by atoms with Gasteiger partial charge in [0.2, 0.25) is 0 Å². The van der Waals surface area contributed by atoms with Crippen LogP contribution < -0.4 is 5.43 Å². The van der Waals surface area contributed by atoms with Crippen molar-refractivity contribution in [2.45, 2.75) is 13.0 Å². The number of carbonyl (C=O) groups excluding carboxylic acids is 1. The third kappa shape index (κ3) is 2.92. The Kier molecular flexibility index (Phi) is 3.85. The highest BCUT2D eigenvalue weighted by Crippen LogP contribution is 2.17. The lowest BCUT2D eigenvalue weighted by Gasteiger charge is -2.28. The molecule has 0 aliphatic carbocycles. The lowest BCUT2D eigenvalue weighted by atomic mass is 10.0. The number of fused-ring (bicyclic) bond motifs is 1. The van der Waals surface area contributed by atoms with Gasteiger partial charge < -0.3 is 0 Å². The first-order valence-corrected chi connectivity index (χ1v) is 7.40. The molecule has 3 nitrogen and oxygen atoms in total. The number of rotatable bonds is 2. The molecule has 2 aromatic rings. The molecule has 20 heavy (non-hydrogen) atoms. The monoisotopic (exact) mass is 330 g/mol. The number of nitrogens with one attached hydrogen (secondary N) is 1. The van der Waals surface area contributed by atoms with Crippen LogP contribution in [0.25, 0.3) is 0 Å². The van der Waals surface area contributed by atoms with Gasteiger partial charge >= 0.3 is 0 Å². The fourth-order valence-electron chi connectivity index (χ4n) is 2.40. The second-order valence-corrected chi connectivity index (χ2v) is 5.80. The number of hydrogen-bond acceptors (Lipinski definition) is 2. The molecule has 1 amide bonds. The van der Waals surface area contributed by atoms with E-state index in [-0.39, 0.29) is 5.91 Å². The van der Waals surface area contributed by atoms with Crippen LogP contribution in [-0.4, -0.2) is 17.5 Å². The number of carbonyl (C=O) groups is 1. The standard InChI is InChI=1S/C16H15BrN2O/c17-15-7-5-13(6-8-15)16(20)18-19-10-9-12-3-1-2-4-14(12)11-19/h1-8H,9-11H2,(H,18,20). The predicted molar refractivity (Wildman–Crippen MR) is 82.2 cm³/mol. The molecular weight excluding hydrogens is 316 g/mol. The lowest BCUT2D eigenvalue weighted by molar-refractivity contribution is 0.0764. The molecule has 1 N–H and O–H groups in total. The predicted octanol–water partition coefficient (Wildman–Crippen LogP) is 3.15. The maximum Gasteiger partial charge on any atom is 0.265 e. The fraction of sp³-hybridized carbons (Fsp3) is 0.188. The molecule has 0 saturated carbocycles. The zero-order chi connectivity index (χ0) is 13.9. The van der Waals surface area contributed by atoms with Crippen LogP contribution in [0.5, 0.6) is 0 Å². The van der Waals surface area contributed by atoms with E-state index in [4.69, 9.17) is 0 Å². The van der Waals surface area contributed by atoms with Gasteiger partial charge in [0.1, 0.15) is 0 Å². The lowest BCUT2D eigenvalue weighted by Crippen LogP contribution is -2.44. The maximum absolute atomic E-state index is 12.2. The minimum atomic E-state index is -0.0584. The highest BCUT2D eigenvalue weighted by atomic mass is 79.9. The minimum Gasteiger partial charge on any atom is -0.284 e. The van der Waals surface area contributed by atoms with Crippen LogP contribution in [0.15, 0.2) is 53.0 Å².